The first-order chi connectivity index (χ1) is 12.3. The van der Waals surface area contributed by atoms with E-state index >= 15 is 0 Å². The maximum absolute atomic E-state index is 5.53. The molecule has 0 aromatic heterocycles. The van der Waals surface area contributed by atoms with Gasteiger partial charge in [-0.25, -0.2) is 0 Å². The molecule has 4 heteroatoms. The molecule has 140 valence electrons. The first-order valence-electron chi connectivity index (χ1n) is 10.1. The molecular weight excluding hydrogens is 310 g/mol. The van der Waals surface area contributed by atoms with E-state index in [1.807, 2.05) is 6.07 Å². The van der Waals surface area contributed by atoms with Crippen LogP contribution in [0.5, 0.6) is 5.75 Å². The topological polar surface area (TPSA) is 27.7 Å². The van der Waals surface area contributed by atoms with Gasteiger partial charge in [0.1, 0.15) is 5.75 Å². The quantitative estimate of drug-likeness (QED) is 0.820. The third-order valence-electron chi connectivity index (χ3n) is 6.03. The Balaban J connectivity index is 1.48. The van der Waals surface area contributed by atoms with Crippen LogP contribution in [-0.4, -0.2) is 57.8 Å². The van der Waals surface area contributed by atoms with E-state index in [2.05, 4.69) is 40.4 Å². The molecule has 1 saturated heterocycles. The lowest BCUT2D eigenvalue weighted by Crippen LogP contribution is -2.50. The molecule has 0 bridgehead atoms. The highest BCUT2D eigenvalue weighted by molar-refractivity contribution is 5.58. The molecular formula is C21H35N3O. The van der Waals surface area contributed by atoms with Crippen LogP contribution in [0.1, 0.15) is 38.5 Å². The van der Waals surface area contributed by atoms with Gasteiger partial charge in [0, 0.05) is 38.8 Å². The standard InChI is InChI=1S/C21H35N3O/c1-22-19(16-18-8-4-3-5-9-18)17-23-12-14-24(15-13-23)20-10-6-7-11-21(20)25-2/h6-7,10-11,18-19,22H,3-5,8-9,12-17H2,1-2H3/t19-/m1/s1. The number of nitrogens with one attached hydrogen (secondary N) is 1. The molecule has 2 fully saturated rings. The summed E-state index contributed by atoms with van der Waals surface area (Å²) in [4.78, 5) is 5.10. The van der Waals surface area contributed by atoms with Crippen LogP contribution in [0.2, 0.25) is 0 Å². The fraction of sp³-hybridized carbons (Fsp3) is 0.714. The lowest BCUT2D eigenvalue weighted by Gasteiger charge is -2.38. The van der Waals surface area contributed by atoms with Crippen molar-refractivity contribution in [2.45, 2.75) is 44.6 Å². The molecule has 1 N–H and O–H groups in total. The number of likely N-dealkylation sites (N-methyl/N-ethyl adjacent to an activating group) is 1. The molecule has 1 aromatic carbocycles. The van der Waals surface area contributed by atoms with Gasteiger partial charge in [0.25, 0.3) is 0 Å². The summed E-state index contributed by atoms with van der Waals surface area (Å²) in [5.41, 5.74) is 1.23. The van der Waals surface area contributed by atoms with Crippen LogP contribution in [0.25, 0.3) is 0 Å². The van der Waals surface area contributed by atoms with E-state index in [0.717, 1.165) is 37.8 Å². The van der Waals surface area contributed by atoms with Crippen molar-refractivity contribution in [1.29, 1.82) is 0 Å². The number of methoxy groups -OCH3 is 1. The average Bonchev–Trinajstić information content (AvgIpc) is 2.69. The fourth-order valence-corrected chi connectivity index (χ4v) is 4.48. The maximum atomic E-state index is 5.53. The second kappa shape index (κ2) is 9.44. The van der Waals surface area contributed by atoms with Gasteiger partial charge in [-0.1, -0.05) is 44.2 Å². The van der Waals surface area contributed by atoms with E-state index < -0.39 is 0 Å². The number of hydrogen-bond acceptors (Lipinski definition) is 4. The van der Waals surface area contributed by atoms with Crippen molar-refractivity contribution in [3.63, 3.8) is 0 Å². The minimum absolute atomic E-state index is 0.640. The largest absolute Gasteiger partial charge is 0.495 e. The molecule has 0 radical (unpaired) electrons. The van der Waals surface area contributed by atoms with Gasteiger partial charge in [-0.2, -0.15) is 0 Å². The first kappa shape index (κ1) is 18.5. The van der Waals surface area contributed by atoms with E-state index in [1.165, 1.54) is 50.8 Å². The SMILES string of the molecule is CN[C@H](CC1CCCCC1)CN1CCN(c2ccccc2OC)CC1. The summed E-state index contributed by atoms with van der Waals surface area (Å²) in [7, 11) is 3.90. The molecule has 1 aliphatic heterocycles. The van der Waals surface area contributed by atoms with Gasteiger partial charge in [0.15, 0.2) is 0 Å². The van der Waals surface area contributed by atoms with Crippen molar-refractivity contribution in [3.05, 3.63) is 24.3 Å². The maximum Gasteiger partial charge on any atom is 0.142 e. The monoisotopic (exact) mass is 345 g/mol. The Bertz CT molecular complexity index is 508. The third-order valence-corrected chi connectivity index (χ3v) is 6.03. The van der Waals surface area contributed by atoms with Crippen LogP contribution in [0, 0.1) is 5.92 Å². The summed E-state index contributed by atoms with van der Waals surface area (Å²) < 4.78 is 5.53. The van der Waals surface area contributed by atoms with Crippen LogP contribution in [-0.2, 0) is 0 Å². The molecule has 1 atom stereocenters. The summed E-state index contributed by atoms with van der Waals surface area (Å²) >= 11 is 0. The number of rotatable bonds is 7. The van der Waals surface area contributed by atoms with Crippen LogP contribution < -0.4 is 15.0 Å². The molecule has 1 aromatic rings. The van der Waals surface area contributed by atoms with Crippen LogP contribution in [0.3, 0.4) is 0 Å². The Morgan fingerprint density at radius 1 is 1.08 bits per heavy atom. The second-order valence-electron chi connectivity index (χ2n) is 7.68. The zero-order valence-corrected chi connectivity index (χ0v) is 16.0. The number of anilines is 1. The Hall–Kier alpha value is -1.26. The van der Waals surface area contributed by atoms with E-state index in [9.17, 15) is 0 Å². The number of para-hydroxylation sites is 2. The predicted octanol–water partition coefficient (Wildman–Crippen LogP) is 3.38. The minimum atomic E-state index is 0.640. The van der Waals surface area contributed by atoms with Gasteiger partial charge in [-0.15, -0.1) is 0 Å². The van der Waals surface area contributed by atoms with Crippen molar-refractivity contribution in [2.75, 3.05) is 51.8 Å². The molecule has 0 unspecified atom stereocenters. The van der Waals surface area contributed by atoms with Crippen molar-refractivity contribution in [1.82, 2.24) is 10.2 Å². The highest BCUT2D eigenvalue weighted by atomic mass is 16.5. The number of benzene rings is 1. The molecule has 2 aliphatic rings. The first-order valence-corrected chi connectivity index (χ1v) is 10.1. The van der Waals surface area contributed by atoms with Crippen LogP contribution in [0.15, 0.2) is 24.3 Å². The van der Waals surface area contributed by atoms with Crippen molar-refractivity contribution >= 4 is 5.69 Å². The van der Waals surface area contributed by atoms with Gasteiger partial charge in [0.2, 0.25) is 0 Å². The van der Waals surface area contributed by atoms with E-state index in [4.69, 9.17) is 4.74 Å². The molecule has 0 spiro atoms. The van der Waals surface area contributed by atoms with Gasteiger partial charge in [-0.05, 0) is 31.5 Å². The summed E-state index contributed by atoms with van der Waals surface area (Å²) in [5, 5.41) is 3.58. The Kier molecular flexibility index (Phi) is 7.00. The summed E-state index contributed by atoms with van der Waals surface area (Å²) in [5.74, 6) is 1.93. The second-order valence-corrected chi connectivity index (χ2v) is 7.68. The van der Waals surface area contributed by atoms with Crippen molar-refractivity contribution < 1.29 is 4.74 Å². The van der Waals surface area contributed by atoms with E-state index in [0.29, 0.717) is 6.04 Å². The van der Waals surface area contributed by atoms with Gasteiger partial charge >= 0.3 is 0 Å². The van der Waals surface area contributed by atoms with Crippen LogP contribution >= 0.6 is 0 Å². The van der Waals surface area contributed by atoms with Gasteiger partial charge in [0.05, 0.1) is 12.8 Å². The third kappa shape index (κ3) is 5.11. The molecule has 4 nitrogen and oxygen atoms in total. The number of hydrogen-bond donors (Lipinski definition) is 1. The summed E-state index contributed by atoms with van der Waals surface area (Å²) in [6.07, 6.45) is 8.58. The lowest BCUT2D eigenvalue weighted by atomic mass is 9.84. The Morgan fingerprint density at radius 2 is 1.80 bits per heavy atom. The Morgan fingerprint density at radius 3 is 2.48 bits per heavy atom. The number of nitrogens with zero attached hydrogens (tertiary/aromatic N) is 2. The molecule has 1 aliphatic carbocycles. The molecule has 0 amide bonds. The predicted molar refractivity (Wildman–Crippen MR) is 106 cm³/mol. The van der Waals surface area contributed by atoms with Crippen molar-refractivity contribution in [2.24, 2.45) is 5.92 Å². The zero-order chi connectivity index (χ0) is 17.5. The van der Waals surface area contributed by atoms with Crippen molar-refractivity contribution in [3.8, 4) is 5.75 Å². The number of piperazine rings is 1. The number of ether oxygens (including phenoxy) is 1. The summed E-state index contributed by atoms with van der Waals surface area (Å²) in [6.45, 7) is 5.63. The van der Waals surface area contributed by atoms with Gasteiger partial charge < -0.3 is 15.0 Å². The Labute approximate surface area is 153 Å². The summed E-state index contributed by atoms with van der Waals surface area (Å²) in [6, 6.07) is 9.02. The van der Waals surface area contributed by atoms with E-state index in [1.54, 1.807) is 7.11 Å². The lowest BCUT2D eigenvalue weighted by molar-refractivity contribution is 0.207. The highest BCUT2D eigenvalue weighted by Gasteiger charge is 2.23. The normalized spacial score (nSPS) is 21.3. The fourth-order valence-electron chi connectivity index (χ4n) is 4.48. The van der Waals surface area contributed by atoms with Gasteiger partial charge in [-0.3, -0.25) is 4.90 Å². The smallest absolute Gasteiger partial charge is 0.142 e. The highest BCUT2D eigenvalue weighted by Crippen LogP contribution is 2.29. The zero-order valence-electron chi connectivity index (χ0n) is 16.0. The van der Waals surface area contributed by atoms with E-state index in [-0.39, 0.29) is 0 Å². The molecule has 3 rings (SSSR count). The molecule has 1 heterocycles. The molecule has 1 saturated carbocycles. The average molecular weight is 346 g/mol. The minimum Gasteiger partial charge on any atom is -0.495 e. The van der Waals surface area contributed by atoms with Crippen LogP contribution in [0.4, 0.5) is 5.69 Å². The molecule has 25 heavy (non-hydrogen) atoms.